The lowest BCUT2D eigenvalue weighted by molar-refractivity contribution is -0.142. The minimum absolute atomic E-state index is 0.0128. The van der Waals surface area contributed by atoms with Crippen molar-refractivity contribution in [1.29, 1.82) is 0 Å². The van der Waals surface area contributed by atoms with Crippen LogP contribution >= 0.6 is 11.6 Å². The second kappa shape index (κ2) is 13.7. The molecule has 7 nitrogen and oxygen atoms in total. The van der Waals surface area contributed by atoms with Gasteiger partial charge in [0.05, 0.1) is 23.7 Å². The maximum absolute atomic E-state index is 13.5. The Morgan fingerprint density at radius 3 is 2.28 bits per heavy atom. The summed E-state index contributed by atoms with van der Waals surface area (Å²) in [7, 11) is 0. The van der Waals surface area contributed by atoms with Gasteiger partial charge in [-0.25, -0.2) is 14.0 Å². The Hall–Kier alpha value is -4.38. The zero-order valence-corrected chi connectivity index (χ0v) is 23.5. The molecule has 1 aliphatic carbocycles. The molecule has 43 heavy (non-hydrogen) atoms. The number of alkyl halides is 4. The summed E-state index contributed by atoms with van der Waals surface area (Å²) in [6, 6.07) is 15.7. The van der Waals surface area contributed by atoms with Crippen molar-refractivity contribution in [2.75, 3.05) is 16.8 Å². The highest BCUT2D eigenvalue weighted by molar-refractivity contribution is 6.31. The van der Waals surface area contributed by atoms with Crippen LogP contribution in [0.4, 0.5) is 33.7 Å². The van der Waals surface area contributed by atoms with Crippen LogP contribution in [0.15, 0.2) is 72.8 Å². The van der Waals surface area contributed by atoms with E-state index in [1.807, 2.05) is 12.1 Å². The molecular weight excluding hydrogens is 590 g/mol. The Morgan fingerprint density at radius 1 is 0.977 bits per heavy atom. The van der Waals surface area contributed by atoms with Gasteiger partial charge in [0.25, 0.3) is 5.91 Å². The summed E-state index contributed by atoms with van der Waals surface area (Å²) in [5.41, 5.74) is 2.24. The predicted octanol–water partition coefficient (Wildman–Crippen LogP) is 7.71. The van der Waals surface area contributed by atoms with Crippen molar-refractivity contribution < 1.29 is 37.1 Å². The third kappa shape index (κ3) is 8.35. The summed E-state index contributed by atoms with van der Waals surface area (Å²) >= 11 is 5.73. The Kier molecular flexibility index (Phi) is 10.1. The lowest BCUT2D eigenvalue weighted by Crippen LogP contribution is -2.35. The topological polar surface area (TPSA) is 98.7 Å². The maximum atomic E-state index is 13.5. The molecule has 0 saturated heterocycles. The third-order valence-electron chi connectivity index (χ3n) is 6.88. The highest BCUT2D eigenvalue weighted by Crippen LogP contribution is 2.36. The van der Waals surface area contributed by atoms with Crippen LogP contribution in [0.1, 0.15) is 52.7 Å². The lowest BCUT2D eigenvalue weighted by atomic mass is 9.93. The van der Waals surface area contributed by atoms with Crippen LogP contribution in [-0.4, -0.2) is 35.7 Å². The van der Waals surface area contributed by atoms with Crippen LogP contribution < -0.4 is 15.5 Å². The fourth-order valence-electron chi connectivity index (χ4n) is 4.56. The van der Waals surface area contributed by atoms with Gasteiger partial charge in [0.2, 0.25) is 6.17 Å². The largest absolute Gasteiger partial charge is 0.479 e. The van der Waals surface area contributed by atoms with Crippen LogP contribution in [-0.2, 0) is 17.5 Å². The summed E-state index contributed by atoms with van der Waals surface area (Å²) in [6.45, 7) is -0.710. The van der Waals surface area contributed by atoms with E-state index in [0.29, 0.717) is 11.3 Å². The van der Waals surface area contributed by atoms with Gasteiger partial charge >= 0.3 is 18.2 Å². The predicted molar refractivity (Wildman–Crippen MR) is 156 cm³/mol. The summed E-state index contributed by atoms with van der Waals surface area (Å²) in [5, 5.41) is 12.9. The zero-order chi connectivity index (χ0) is 31.1. The number of aliphatic carboxylic acids is 1. The fraction of sp³-hybridized carbons (Fsp3) is 0.258. The standard InChI is InChI=1S/C31H28ClF4N3O4/c32-26-15-12-23(16-25(26)31(34,35)36)38-30(43)39(24-13-10-21(11-14-24)20-4-2-1-3-5-20)18-19-6-8-22(9-7-19)28(40)37-17-27(33)29(41)42/h4,6-16,27H,1-3,5,17-18H2,(H,37,40)(H,38,43)(H,41,42). The molecule has 0 bridgehead atoms. The van der Waals surface area contributed by atoms with Crippen LogP contribution in [0.5, 0.6) is 0 Å². The Morgan fingerprint density at radius 2 is 1.67 bits per heavy atom. The van der Waals surface area contributed by atoms with Gasteiger partial charge in [-0.1, -0.05) is 41.9 Å². The first-order valence-corrected chi connectivity index (χ1v) is 13.8. The van der Waals surface area contributed by atoms with E-state index in [2.05, 4.69) is 16.7 Å². The van der Waals surface area contributed by atoms with Gasteiger partial charge in [0.15, 0.2) is 0 Å². The first-order chi connectivity index (χ1) is 20.4. The van der Waals surface area contributed by atoms with E-state index in [9.17, 15) is 31.9 Å². The Bertz CT molecular complexity index is 1510. The van der Waals surface area contributed by atoms with Crippen molar-refractivity contribution >= 4 is 46.5 Å². The molecule has 3 aromatic rings. The molecule has 0 spiro atoms. The van der Waals surface area contributed by atoms with E-state index in [-0.39, 0.29) is 17.8 Å². The Labute approximate surface area is 250 Å². The summed E-state index contributed by atoms with van der Waals surface area (Å²) in [6.07, 6.45) is -0.606. The molecule has 12 heteroatoms. The smallest absolute Gasteiger partial charge is 0.417 e. The highest BCUT2D eigenvalue weighted by atomic mass is 35.5. The van der Waals surface area contributed by atoms with Gasteiger partial charge in [0, 0.05) is 16.9 Å². The molecule has 3 aromatic carbocycles. The molecular formula is C31H28ClF4N3O4. The van der Waals surface area contributed by atoms with E-state index in [1.54, 1.807) is 24.3 Å². The molecule has 4 rings (SSSR count). The summed E-state index contributed by atoms with van der Waals surface area (Å²) in [4.78, 5) is 37.7. The van der Waals surface area contributed by atoms with Crippen LogP contribution in [0.2, 0.25) is 5.02 Å². The zero-order valence-electron chi connectivity index (χ0n) is 22.8. The van der Waals surface area contributed by atoms with E-state index < -0.39 is 47.4 Å². The van der Waals surface area contributed by atoms with Gasteiger partial charge in [-0.05, 0) is 84.8 Å². The number of carbonyl (C=O) groups is 3. The first kappa shape index (κ1) is 31.6. The van der Waals surface area contributed by atoms with Gasteiger partial charge in [-0.2, -0.15) is 13.2 Å². The number of benzene rings is 3. The van der Waals surface area contributed by atoms with Crippen molar-refractivity contribution in [3.63, 3.8) is 0 Å². The van der Waals surface area contributed by atoms with Gasteiger partial charge in [-0.3, -0.25) is 9.69 Å². The molecule has 0 aliphatic heterocycles. The molecule has 0 aromatic heterocycles. The van der Waals surface area contributed by atoms with Gasteiger partial charge < -0.3 is 15.7 Å². The van der Waals surface area contributed by atoms with Crippen molar-refractivity contribution in [2.24, 2.45) is 0 Å². The first-order valence-electron chi connectivity index (χ1n) is 13.4. The van der Waals surface area contributed by atoms with Crippen molar-refractivity contribution in [3.8, 4) is 0 Å². The number of allylic oxidation sites excluding steroid dienone is 2. The number of urea groups is 1. The highest BCUT2D eigenvalue weighted by Gasteiger charge is 2.33. The minimum Gasteiger partial charge on any atom is -0.479 e. The number of amides is 3. The second-order valence-electron chi connectivity index (χ2n) is 9.94. The van der Waals surface area contributed by atoms with E-state index in [1.165, 1.54) is 28.7 Å². The maximum Gasteiger partial charge on any atom is 0.417 e. The molecule has 0 fully saturated rings. The minimum atomic E-state index is -4.71. The average molecular weight is 618 g/mol. The number of anilines is 2. The summed E-state index contributed by atoms with van der Waals surface area (Å²) < 4.78 is 53.5. The molecule has 3 amide bonds. The molecule has 226 valence electrons. The van der Waals surface area contributed by atoms with Crippen molar-refractivity contribution in [3.05, 3.63) is 100 Å². The number of rotatable bonds is 9. The molecule has 1 atom stereocenters. The van der Waals surface area contributed by atoms with Crippen LogP contribution in [0.25, 0.3) is 5.57 Å². The molecule has 0 heterocycles. The average Bonchev–Trinajstić information content (AvgIpc) is 2.99. The monoisotopic (exact) mass is 617 g/mol. The quantitative estimate of drug-likeness (QED) is 0.214. The van der Waals surface area contributed by atoms with E-state index >= 15 is 0 Å². The number of carbonyl (C=O) groups excluding carboxylic acids is 2. The van der Waals surface area contributed by atoms with Crippen molar-refractivity contribution in [1.82, 2.24) is 5.32 Å². The number of carboxylic acids is 1. The number of hydrogen-bond acceptors (Lipinski definition) is 3. The molecule has 0 saturated carbocycles. The fourth-order valence-corrected chi connectivity index (χ4v) is 4.79. The number of nitrogens with one attached hydrogen (secondary N) is 2. The van der Waals surface area contributed by atoms with Crippen molar-refractivity contribution in [2.45, 2.75) is 44.6 Å². The SMILES string of the molecule is O=C(NCC(F)C(=O)O)c1ccc(CN(C(=O)Nc2ccc(Cl)c(C(F)(F)F)c2)c2ccc(C3=CCCCC3)cc2)cc1. The molecule has 3 N–H and O–H groups in total. The van der Waals surface area contributed by atoms with E-state index in [0.717, 1.165) is 43.4 Å². The number of nitrogens with zero attached hydrogens (tertiary/aromatic N) is 1. The lowest BCUT2D eigenvalue weighted by Gasteiger charge is -2.24. The third-order valence-corrected chi connectivity index (χ3v) is 7.21. The second-order valence-corrected chi connectivity index (χ2v) is 10.4. The van der Waals surface area contributed by atoms with Crippen LogP contribution in [0, 0.1) is 0 Å². The van der Waals surface area contributed by atoms with Gasteiger partial charge in [-0.15, -0.1) is 0 Å². The van der Waals surface area contributed by atoms with Gasteiger partial charge in [0.1, 0.15) is 0 Å². The van der Waals surface area contributed by atoms with E-state index in [4.69, 9.17) is 16.7 Å². The van der Waals surface area contributed by atoms with Crippen LogP contribution in [0.3, 0.4) is 0 Å². The number of carboxylic acid groups (broad SMARTS) is 1. The summed E-state index contributed by atoms with van der Waals surface area (Å²) in [5.74, 6) is -2.37. The molecule has 0 radical (unpaired) electrons. The number of hydrogen-bond donors (Lipinski definition) is 3. The molecule has 1 unspecified atom stereocenters. The Balaban J connectivity index is 1.57. The number of halogens is 5. The molecule has 1 aliphatic rings. The normalized spacial score (nSPS) is 13.9.